The molecule has 1 N–H and O–H groups in total. The van der Waals surface area contributed by atoms with Crippen LogP contribution in [0.5, 0.6) is 5.75 Å². The summed E-state index contributed by atoms with van der Waals surface area (Å²) in [6.45, 7) is 1.07. The molecule has 11 heteroatoms. The zero-order chi connectivity index (χ0) is 24.1. The second kappa shape index (κ2) is 9.97. The highest BCUT2D eigenvalue weighted by Gasteiger charge is 2.40. The molecule has 6 nitrogen and oxygen atoms in total. The largest absolute Gasteiger partial charge is 0.573 e. The van der Waals surface area contributed by atoms with Gasteiger partial charge in [0.25, 0.3) is 0 Å². The van der Waals surface area contributed by atoms with Crippen LogP contribution < -0.4 is 4.74 Å². The van der Waals surface area contributed by atoms with Crippen molar-refractivity contribution in [3.05, 3.63) is 77.9 Å². The van der Waals surface area contributed by atoms with E-state index in [4.69, 9.17) is 4.74 Å². The Morgan fingerprint density at radius 3 is 2.45 bits per heavy atom. The highest BCUT2D eigenvalue weighted by molar-refractivity contribution is 5.38. The van der Waals surface area contributed by atoms with E-state index in [2.05, 4.69) is 26.7 Å². The molecule has 2 atom stereocenters. The van der Waals surface area contributed by atoms with Gasteiger partial charge in [-0.3, -0.25) is 0 Å². The highest BCUT2D eigenvalue weighted by atomic mass is 19.4. The van der Waals surface area contributed by atoms with E-state index in [-0.39, 0.29) is 24.5 Å². The molecule has 1 heterocycles. The van der Waals surface area contributed by atoms with E-state index < -0.39 is 29.7 Å². The van der Waals surface area contributed by atoms with Gasteiger partial charge < -0.3 is 14.6 Å². The lowest BCUT2D eigenvalue weighted by atomic mass is 9.88. The monoisotopic (exact) mass is 467 g/mol. The molecule has 1 aromatic heterocycles. The third kappa shape index (κ3) is 6.50. The Bertz CT molecular complexity index is 1120. The van der Waals surface area contributed by atoms with E-state index in [1.54, 1.807) is 0 Å². The minimum atomic E-state index is -4.79. The minimum absolute atomic E-state index is 0.190. The average molecular weight is 467 g/mol. The van der Waals surface area contributed by atoms with E-state index in [0.29, 0.717) is 11.6 Å². The molecule has 0 saturated carbocycles. The van der Waals surface area contributed by atoms with E-state index in [9.17, 15) is 27.1 Å². The Morgan fingerprint density at radius 2 is 1.85 bits per heavy atom. The molecule has 0 aliphatic heterocycles. The van der Waals surface area contributed by atoms with Crippen LogP contribution in [0.3, 0.4) is 0 Å². The van der Waals surface area contributed by atoms with E-state index in [0.717, 1.165) is 24.3 Å². The van der Waals surface area contributed by atoms with Gasteiger partial charge >= 0.3 is 6.36 Å². The standard InChI is InChI=1S/C22H18F5N3O3/c1-15(32-10-2-3-16-4-7-18(8-5-16)33-22(25,26)27)21(31,12-30-14-28-13-29-30)19-9-6-17(23)11-20(19)24/h4-9,11,13-15,31H,10,12H2,1H3/t15-,21-/m1/s1. The van der Waals surface area contributed by atoms with Crippen LogP contribution in [-0.2, 0) is 16.9 Å². The summed E-state index contributed by atoms with van der Waals surface area (Å²) in [6.07, 6.45) is -3.24. The molecule has 0 fully saturated rings. The van der Waals surface area contributed by atoms with Crippen LogP contribution in [0.25, 0.3) is 0 Å². The molecule has 0 saturated heterocycles. The van der Waals surface area contributed by atoms with Gasteiger partial charge in [0.15, 0.2) is 0 Å². The summed E-state index contributed by atoms with van der Waals surface area (Å²) in [5, 5.41) is 15.2. The third-order valence-corrected chi connectivity index (χ3v) is 4.67. The Morgan fingerprint density at radius 1 is 1.12 bits per heavy atom. The van der Waals surface area contributed by atoms with Gasteiger partial charge in [0, 0.05) is 17.2 Å². The van der Waals surface area contributed by atoms with Gasteiger partial charge in [-0.1, -0.05) is 17.9 Å². The van der Waals surface area contributed by atoms with Crippen molar-refractivity contribution in [3.8, 4) is 17.6 Å². The van der Waals surface area contributed by atoms with E-state index >= 15 is 0 Å². The predicted molar refractivity (Wildman–Crippen MR) is 106 cm³/mol. The third-order valence-electron chi connectivity index (χ3n) is 4.67. The molecule has 0 aliphatic rings. The van der Waals surface area contributed by atoms with Crippen LogP contribution in [0.1, 0.15) is 18.1 Å². The molecule has 0 amide bonds. The first kappa shape index (κ1) is 24.2. The van der Waals surface area contributed by atoms with Gasteiger partial charge in [-0.15, -0.1) is 13.2 Å². The van der Waals surface area contributed by atoms with Crippen LogP contribution in [-0.4, -0.2) is 38.9 Å². The van der Waals surface area contributed by atoms with Crippen molar-refractivity contribution < 1.29 is 36.5 Å². The van der Waals surface area contributed by atoms with Gasteiger partial charge in [-0.2, -0.15) is 5.10 Å². The molecule has 0 bridgehead atoms. The Kier molecular flexibility index (Phi) is 7.30. The molecular formula is C22H18F5N3O3. The van der Waals surface area contributed by atoms with Crippen LogP contribution in [0, 0.1) is 23.5 Å². The first-order valence-corrected chi connectivity index (χ1v) is 9.53. The van der Waals surface area contributed by atoms with Crippen molar-refractivity contribution in [2.75, 3.05) is 6.61 Å². The Balaban J connectivity index is 1.71. The average Bonchev–Trinajstić information content (AvgIpc) is 3.23. The molecule has 2 aromatic carbocycles. The maximum absolute atomic E-state index is 14.5. The topological polar surface area (TPSA) is 69.4 Å². The maximum atomic E-state index is 14.5. The van der Waals surface area contributed by atoms with Gasteiger partial charge in [-0.05, 0) is 37.3 Å². The first-order valence-electron chi connectivity index (χ1n) is 9.53. The van der Waals surface area contributed by atoms with Gasteiger partial charge in [0.05, 0.1) is 12.6 Å². The number of halogens is 5. The minimum Gasteiger partial charge on any atom is -0.406 e. The van der Waals surface area contributed by atoms with Crippen molar-refractivity contribution in [1.29, 1.82) is 0 Å². The van der Waals surface area contributed by atoms with Crippen LogP contribution in [0.4, 0.5) is 22.0 Å². The van der Waals surface area contributed by atoms with Crippen molar-refractivity contribution in [3.63, 3.8) is 0 Å². The quantitative estimate of drug-likeness (QED) is 0.423. The first-order chi connectivity index (χ1) is 15.6. The molecule has 3 aromatic rings. The summed E-state index contributed by atoms with van der Waals surface area (Å²) >= 11 is 0. The molecule has 0 unspecified atom stereocenters. The SMILES string of the molecule is C[C@@H](OCC#Cc1ccc(OC(F)(F)F)cc1)[C@](O)(Cn1cncn1)c1ccc(F)cc1F. The number of hydrogen-bond acceptors (Lipinski definition) is 5. The summed E-state index contributed by atoms with van der Waals surface area (Å²) in [7, 11) is 0. The van der Waals surface area contributed by atoms with Crippen molar-refractivity contribution >= 4 is 0 Å². The fraction of sp³-hybridized carbons (Fsp3) is 0.273. The molecule has 3 rings (SSSR count). The number of rotatable bonds is 7. The second-order valence-electron chi connectivity index (χ2n) is 6.97. The lowest BCUT2D eigenvalue weighted by Crippen LogP contribution is -2.44. The summed E-state index contributed by atoms with van der Waals surface area (Å²) < 4.78 is 75.1. The highest BCUT2D eigenvalue weighted by Crippen LogP contribution is 2.31. The van der Waals surface area contributed by atoms with Crippen LogP contribution in [0.2, 0.25) is 0 Å². The molecule has 174 valence electrons. The van der Waals surface area contributed by atoms with Crippen molar-refractivity contribution in [1.82, 2.24) is 14.8 Å². The normalized spacial score (nSPS) is 14.2. The number of alkyl halides is 3. The maximum Gasteiger partial charge on any atom is 0.573 e. The fourth-order valence-corrected chi connectivity index (χ4v) is 3.02. The summed E-state index contributed by atoms with van der Waals surface area (Å²) in [6, 6.07) is 7.71. The lowest BCUT2D eigenvalue weighted by molar-refractivity contribution is -0.274. The smallest absolute Gasteiger partial charge is 0.406 e. The zero-order valence-corrected chi connectivity index (χ0v) is 17.2. The van der Waals surface area contributed by atoms with E-state index in [1.807, 2.05) is 0 Å². The summed E-state index contributed by atoms with van der Waals surface area (Å²) in [5.41, 5.74) is -1.73. The molecule has 0 spiro atoms. The number of aromatic nitrogens is 3. The van der Waals surface area contributed by atoms with Gasteiger partial charge in [0.2, 0.25) is 0 Å². The zero-order valence-electron chi connectivity index (χ0n) is 17.2. The van der Waals surface area contributed by atoms with Crippen molar-refractivity contribution in [2.45, 2.75) is 31.5 Å². The lowest BCUT2D eigenvalue weighted by Gasteiger charge is -2.34. The summed E-state index contributed by atoms with van der Waals surface area (Å²) in [4.78, 5) is 3.78. The van der Waals surface area contributed by atoms with Crippen molar-refractivity contribution in [2.24, 2.45) is 0 Å². The fourth-order valence-electron chi connectivity index (χ4n) is 3.02. The molecular weight excluding hydrogens is 449 g/mol. The Labute approximate surface area is 185 Å². The summed E-state index contributed by atoms with van der Waals surface area (Å²) in [5.74, 6) is 3.24. The number of ether oxygens (including phenoxy) is 2. The number of hydrogen-bond donors (Lipinski definition) is 1. The molecule has 0 aliphatic carbocycles. The molecule has 0 radical (unpaired) electrons. The second-order valence-corrected chi connectivity index (χ2v) is 6.97. The number of nitrogens with zero attached hydrogens (tertiary/aromatic N) is 3. The van der Waals surface area contributed by atoms with Gasteiger partial charge in [-0.25, -0.2) is 18.4 Å². The number of aliphatic hydroxyl groups is 1. The van der Waals surface area contributed by atoms with Crippen LogP contribution >= 0.6 is 0 Å². The predicted octanol–water partition coefficient (Wildman–Crippen LogP) is 3.80. The molecule has 33 heavy (non-hydrogen) atoms. The van der Waals surface area contributed by atoms with Crippen LogP contribution in [0.15, 0.2) is 55.1 Å². The number of benzene rings is 2. The van der Waals surface area contributed by atoms with E-state index in [1.165, 1.54) is 36.4 Å². The van der Waals surface area contributed by atoms with Gasteiger partial charge in [0.1, 0.15) is 42.2 Å². The Hall–Kier alpha value is -3.49.